The lowest BCUT2D eigenvalue weighted by molar-refractivity contribution is -0.384. The first-order chi connectivity index (χ1) is 11.0. The Balaban J connectivity index is 1.50. The third-order valence-electron chi connectivity index (χ3n) is 4.27. The number of hydrogen-bond donors (Lipinski definition) is 1. The van der Waals surface area contributed by atoms with E-state index >= 15 is 0 Å². The molecule has 1 aliphatic heterocycles. The highest BCUT2D eigenvalue weighted by Gasteiger charge is 2.31. The van der Waals surface area contributed by atoms with Crippen LogP contribution in [0.2, 0.25) is 0 Å². The molecule has 1 aromatic carbocycles. The van der Waals surface area contributed by atoms with E-state index in [9.17, 15) is 14.9 Å². The number of piperazine rings is 1. The number of carbonyl (C=O) groups excluding carboxylic acids is 1. The molecule has 23 heavy (non-hydrogen) atoms. The molecule has 1 heterocycles. The van der Waals surface area contributed by atoms with Crippen LogP contribution in [0.4, 0.5) is 11.4 Å². The van der Waals surface area contributed by atoms with Crippen LogP contribution in [0.3, 0.4) is 0 Å². The van der Waals surface area contributed by atoms with Crippen molar-refractivity contribution in [1.82, 2.24) is 9.80 Å². The van der Waals surface area contributed by atoms with Gasteiger partial charge in [-0.05, 0) is 34.8 Å². The Hall–Kier alpha value is -1.51. The predicted octanol–water partition coefficient (Wildman–Crippen LogP) is 2.08. The Bertz CT molecular complexity index is 613. The zero-order chi connectivity index (χ0) is 16.4. The number of hydrogen-bond acceptors (Lipinski definition) is 5. The number of non-ortho nitro benzene ring substituents is 1. The Labute approximate surface area is 142 Å². The fourth-order valence-electron chi connectivity index (χ4n) is 2.84. The van der Waals surface area contributed by atoms with Crippen LogP contribution < -0.4 is 5.32 Å². The minimum absolute atomic E-state index is 0.00827. The minimum atomic E-state index is -0.463. The van der Waals surface area contributed by atoms with Crippen molar-refractivity contribution in [3.8, 4) is 0 Å². The molecule has 1 aliphatic carbocycles. The summed E-state index contributed by atoms with van der Waals surface area (Å²) in [5.41, 5.74) is 0.545. The molecule has 1 saturated carbocycles. The predicted molar refractivity (Wildman–Crippen MR) is 90.5 cm³/mol. The highest BCUT2D eigenvalue weighted by Crippen LogP contribution is 2.28. The lowest BCUT2D eigenvalue weighted by Gasteiger charge is -2.34. The number of nitro benzene ring substituents is 1. The number of rotatable bonds is 5. The molecule has 7 nitrogen and oxygen atoms in total. The number of anilines is 1. The van der Waals surface area contributed by atoms with Crippen molar-refractivity contribution in [3.05, 3.63) is 32.8 Å². The number of nitrogens with zero attached hydrogens (tertiary/aromatic N) is 3. The van der Waals surface area contributed by atoms with E-state index in [1.165, 1.54) is 25.0 Å². The van der Waals surface area contributed by atoms with E-state index in [4.69, 9.17) is 0 Å². The van der Waals surface area contributed by atoms with Crippen LogP contribution in [0.1, 0.15) is 12.8 Å². The number of benzene rings is 1. The molecule has 0 bridgehead atoms. The fourth-order valence-corrected chi connectivity index (χ4v) is 3.30. The first-order valence-corrected chi connectivity index (χ1v) is 8.52. The van der Waals surface area contributed by atoms with Crippen LogP contribution in [0.5, 0.6) is 0 Å². The summed E-state index contributed by atoms with van der Waals surface area (Å²) in [6.07, 6.45) is 2.63. The molecule has 2 fully saturated rings. The molecule has 0 unspecified atom stereocenters. The standard InChI is InChI=1S/C15H19BrN4O3/c16-13-9-12(20(22)23)3-4-14(13)17-15(21)10-18-5-7-19(8-6-18)11-1-2-11/h3-4,9,11H,1-2,5-8,10H2,(H,17,21). The van der Waals surface area contributed by atoms with E-state index in [2.05, 4.69) is 31.0 Å². The Morgan fingerprint density at radius 1 is 1.30 bits per heavy atom. The van der Waals surface area contributed by atoms with E-state index in [0.29, 0.717) is 16.7 Å². The monoisotopic (exact) mass is 382 g/mol. The molecule has 3 rings (SSSR count). The number of halogens is 1. The van der Waals surface area contributed by atoms with Gasteiger partial charge in [-0.15, -0.1) is 0 Å². The van der Waals surface area contributed by atoms with E-state index in [1.54, 1.807) is 6.07 Å². The maximum Gasteiger partial charge on any atom is 0.270 e. The van der Waals surface area contributed by atoms with Gasteiger partial charge in [0.25, 0.3) is 5.69 Å². The van der Waals surface area contributed by atoms with Gasteiger partial charge in [-0.2, -0.15) is 0 Å². The zero-order valence-electron chi connectivity index (χ0n) is 12.7. The van der Waals surface area contributed by atoms with Crippen LogP contribution in [0, 0.1) is 10.1 Å². The van der Waals surface area contributed by atoms with Gasteiger partial charge in [0, 0.05) is 48.8 Å². The molecule has 1 N–H and O–H groups in total. The van der Waals surface area contributed by atoms with E-state index in [-0.39, 0.29) is 11.6 Å². The SMILES string of the molecule is O=C(CN1CCN(C2CC2)CC1)Nc1ccc([N+](=O)[O-])cc1Br. The molecular weight excluding hydrogens is 364 g/mol. The Kier molecular flexibility index (Phi) is 4.93. The quantitative estimate of drug-likeness (QED) is 0.622. The lowest BCUT2D eigenvalue weighted by atomic mass is 10.2. The molecule has 0 spiro atoms. The largest absolute Gasteiger partial charge is 0.324 e. The second-order valence-corrected chi connectivity index (χ2v) is 6.87. The molecule has 0 aromatic heterocycles. The van der Waals surface area contributed by atoms with E-state index in [0.717, 1.165) is 32.2 Å². The molecular formula is C15H19BrN4O3. The molecule has 124 valence electrons. The van der Waals surface area contributed by atoms with E-state index < -0.39 is 4.92 Å². The van der Waals surface area contributed by atoms with Crippen molar-refractivity contribution < 1.29 is 9.72 Å². The minimum Gasteiger partial charge on any atom is -0.324 e. The Morgan fingerprint density at radius 2 is 2.00 bits per heavy atom. The van der Waals surface area contributed by atoms with Crippen molar-refractivity contribution in [2.45, 2.75) is 18.9 Å². The molecule has 0 radical (unpaired) electrons. The van der Waals surface area contributed by atoms with Crippen LogP contribution in [0.25, 0.3) is 0 Å². The summed E-state index contributed by atoms with van der Waals surface area (Å²) < 4.78 is 0.513. The molecule has 8 heteroatoms. The number of carbonyl (C=O) groups is 1. The average Bonchev–Trinajstić information content (AvgIpc) is 3.34. The van der Waals surface area contributed by atoms with Crippen LogP contribution in [-0.4, -0.2) is 59.4 Å². The molecule has 2 aliphatic rings. The fraction of sp³-hybridized carbons (Fsp3) is 0.533. The van der Waals surface area contributed by atoms with Crippen molar-refractivity contribution in [2.75, 3.05) is 38.0 Å². The number of nitrogens with one attached hydrogen (secondary N) is 1. The average molecular weight is 383 g/mol. The van der Waals surface area contributed by atoms with Gasteiger partial charge in [0.15, 0.2) is 0 Å². The second-order valence-electron chi connectivity index (χ2n) is 6.01. The van der Waals surface area contributed by atoms with Crippen molar-refractivity contribution in [3.63, 3.8) is 0 Å². The third kappa shape index (κ3) is 4.27. The lowest BCUT2D eigenvalue weighted by Crippen LogP contribution is -2.49. The molecule has 1 saturated heterocycles. The summed E-state index contributed by atoms with van der Waals surface area (Å²) in [5, 5.41) is 13.5. The third-order valence-corrected chi connectivity index (χ3v) is 4.93. The smallest absolute Gasteiger partial charge is 0.270 e. The summed E-state index contributed by atoms with van der Waals surface area (Å²) in [7, 11) is 0. The van der Waals surface area contributed by atoms with Crippen molar-refractivity contribution in [2.24, 2.45) is 0 Å². The van der Waals surface area contributed by atoms with Gasteiger partial charge in [0.05, 0.1) is 17.2 Å². The Morgan fingerprint density at radius 3 is 2.57 bits per heavy atom. The summed E-state index contributed by atoms with van der Waals surface area (Å²) in [4.78, 5) is 27.1. The molecule has 1 amide bonds. The van der Waals surface area contributed by atoms with Gasteiger partial charge in [0.1, 0.15) is 0 Å². The number of nitro groups is 1. The summed E-state index contributed by atoms with van der Waals surface area (Å²) in [6, 6.07) is 5.10. The van der Waals surface area contributed by atoms with Gasteiger partial charge >= 0.3 is 0 Å². The van der Waals surface area contributed by atoms with Crippen molar-refractivity contribution >= 4 is 33.2 Å². The first-order valence-electron chi connectivity index (χ1n) is 7.73. The van der Waals surface area contributed by atoms with Crippen LogP contribution >= 0.6 is 15.9 Å². The summed E-state index contributed by atoms with van der Waals surface area (Å²) in [5.74, 6) is -0.0978. The second kappa shape index (κ2) is 6.94. The van der Waals surface area contributed by atoms with E-state index in [1.807, 2.05) is 0 Å². The van der Waals surface area contributed by atoms with Gasteiger partial charge in [-0.3, -0.25) is 24.7 Å². The zero-order valence-corrected chi connectivity index (χ0v) is 14.3. The number of amides is 1. The van der Waals surface area contributed by atoms with Crippen LogP contribution in [0.15, 0.2) is 22.7 Å². The summed E-state index contributed by atoms with van der Waals surface area (Å²) in [6.45, 7) is 4.22. The molecule has 1 aromatic rings. The van der Waals surface area contributed by atoms with Crippen molar-refractivity contribution in [1.29, 1.82) is 0 Å². The first kappa shape index (κ1) is 16.4. The van der Waals surface area contributed by atoms with Gasteiger partial charge in [-0.25, -0.2) is 0 Å². The van der Waals surface area contributed by atoms with Gasteiger partial charge < -0.3 is 5.32 Å². The maximum atomic E-state index is 12.2. The van der Waals surface area contributed by atoms with Gasteiger partial charge in [-0.1, -0.05) is 0 Å². The molecule has 0 atom stereocenters. The topological polar surface area (TPSA) is 78.7 Å². The van der Waals surface area contributed by atoms with Gasteiger partial charge in [0.2, 0.25) is 5.91 Å². The normalized spacial score (nSPS) is 19.5. The maximum absolute atomic E-state index is 12.2. The summed E-state index contributed by atoms with van der Waals surface area (Å²) >= 11 is 3.26. The highest BCUT2D eigenvalue weighted by atomic mass is 79.9. The highest BCUT2D eigenvalue weighted by molar-refractivity contribution is 9.10. The van der Waals surface area contributed by atoms with Crippen LogP contribution in [-0.2, 0) is 4.79 Å².